The predicted molar refractivity (Wildman–Crippen MR) is 82.9 cm³/mol. The third-order valence-corrected chi connectivity index (χ3v) is 3.49. The zero-order valence-corrected chi connectivity index (χ0v) is 12.4. The number of H-pyrrole nitrogens is 1. The van der Waals surface area contributed by atoms with E-state index < -0.39 is 0 Å². The van der Waals surface area contributed by atoms with Crippen molar-refractivity contribution in [2.24, 2.45) is 0 Å². The van der Waals surface area contributed by atoms with E-state index in [1.54, 1.807) is 7.11 Å². The van der Waals surface area contributed by atoms with Gasteiger partial charge in [-0.25, -0.2) is 4.98 Å². The zero-order valence-electron chi connectivity index (χ0n) is 12.4. The van der Waals surface area contributed by atoms with E-state index in [4.69, 9.17) is 9.47 Å². The number of hydrogen-bond acceptors (Lipinski definition) is 3. The van der Waals surface area contributed by atoms with Gasteiger partial charge in [0.15, 0.2) is 17.6 Å². The Morgan fingerprint density at radius 1 is 1.05 bits per heavy atom. The van der Waals surface area contributed by atoms with E-state index in [1.165, 1.54) is 0 Å². The van der Waals surface area contributed by atoms with Crippen LogP contribution in [0.4, 0.5) is 0 Å². The summed E-state index contributed by atoms with van der Waals surface area (Å²) in [7, 11) is 1.64. The van der Waals surface area contributed by atoms with Crippen LogP contribution in [-0.4, -0.2) is 17.1 Å². The number of nitrogens with zero attached hydrogens (tertiary/aromatic N) is 1. The van der Waals surface area contributed by atoms with E-state index in [0.717, 1.165) is 28.2 Å². The Hall–Kier alpha value is -2.49. The minimum absolute atomic E-state index is 0.187. The van der Waals surface area contributed by atoms with Crippen molar-refractivity contribution in [2.45, 2.75) is 20.0 Å². The molecule has 4 heteroatoms. The van der Waals surface area contributed by atoms with Crippen molar-refractivity contribution in [3.05, 3.63) is 53.9 Å². The van der Waals surface area contributed by atoms with Crippen LogP contribution in [0.25, 0.3) is 11.0 Å². The van der Waals surface area contributed by atoms with Crippen LogP contribution in [0.5, 0.6) is 11.5 Å². The fourth-order valence-corrected chi connectivity index (χ4v) is 2.35. The molecule has 3 aromatic rings. The van der Waals surface area contributed by atoms with E-state index in [-0.39, 0.29) is 6.10 Å². The minimum atomic E-state index is -0.187. The first-order chi connectivity index (χ1) is 10.2. The molecule has 3 rings (SSSR count). The van der Waals surface area contributed by atoms with Gasteiger partial charge in [0, 0.05) is 0 Å². The molecule has 1 N–H and O–H groups in total. The molecule has 0 aliphatic heterocycles. The van der Waals surface area contributed by atoms with Gasteiger partial charge in [-0.2, -0.15) is 0 Å². The molecule has 0 aliphatic rings. The summed E-state index contributed by atoms with van der Waals surface area (Å²) in [4.78, 5) is 7.96. The molecule has 2 aromatic carbocycles. The normalized spacial score (nSPS) is 12.3. The van der Waals surface area contributed by atoms with Crippen LogP contribution in [0.15, 0.2) is 42.5 Å². The molecule has 0 amide bonds. The Bertz CT molecular complexity index is 764. The van der Waals surface area contributed by atoms with Crippen LogP contribution >= 0.6 is 0 Å². The number of methoxy groups -OCH3 is 1. The molecule has 0 saturated carbocycles. The third kappa shape index (κ3) is 2.57. The lowest BCUT2D eigenvalue weighted by Crippen LogP contribution is -2.06. The van der Waals surface area contributed by atoms with Gasteiger partial charge in [0.2, 0.25) is 0 Å². The van der Waals surface area contributed by atoms with Crippen molar-refractivity contribution in [1.82, 2.24) is 9.97 Å². The molecule has 0 fully saturated rings. The van der Waals surface area contributed by atoms with Crippen molar-refractivity contribution in [1.29, 1.82) is 0 Å². The molecule has 108 valence electrons. The molecule has 1 heterocycles. The fraction of sp³-hybridized carbons (Fsp3) is 0.235. The number of aromatic amines is 1. The summed E-state index contributed by atoms with van der Waals surface area (Å²) in [6.45, 7) is 4.03. The van der Waals surface area contributed by atoms with Gasteiger partial charge in [0.05, 0.1) is 18.1 Å². The van der Waals surface area contributed by atoms with E-state index in [9.17, 15) is 0 Å². The van der Waals surface area contributed by atoms with Gasteiger partial charge in [-0.15, -0.1) is 0 Å². The molecule has 0 spiro atoms. The Kier molecular flexibility index (Phi) is 3.52. The number of rotatable bonds is 4. The first-order valence-electron chi connectivity index (χ1n) is 6.94. The van der Waals surface area contributed by atoms with Gasteiger partial charge in [-0.05, 0) is 37.6 Å². The molecule has 0 unspecified atom stereocenters. The molecular weight excluding hydrogens is 264 g/mol. The second-order valence-electron chi connectivity index (χ2n) is 5.00. The topological polar surface area (TPSA) is 47.1 Å². The van der Waals surface area contributed by atoms with Crippen LogP contribution in [0.2, 0.25) is 0 Å². The average molecular weight is 282 g/mol. The summed E-state index contributed by atoms with van der Waals surface area (Å²) in [5.41, 5.74) is 3.17. The summed E-state index contributed by atoms with van der Waals surface area (Å²) in [5.74, 6) is 2.24. The molecule has 1 aromatic heterocycles. The highest BCUT2D eigenvalue weighted by Crippen LogP contribution is 2.30. The van der Waals surface area contributed by atoms with Crippen LogP contribution in [-0.2, 0) is 0 Å². The molecular formula is C17H18N2O2. The van der Waals surface area contributed by atoms with Crippen molar-refractivity contribution in [2.75, 3.05) is 7.11 Å². The van der Waals surface area contributed by atoms with Gasteiger partial charge in [0.25, 0.3) is 0 Å². The summed E-state index contributed by atoms with van der Waals surface area (Å²) < 4.78 is 11.3. The Morgan fingerprint density at radius 2 is 1.81 bits per heavy atom. The molecule has 0 saturated heterocycles. The zero-order chi connectivity index (χ0) is 14.8. The third-order valence-electron chi connectivity index (χ3n) is 3.49. The van der Waals surface area contributed by atoms with Crippen molar-refractivity contribution < 1.29 is 9.47 Å². The SMILES string of the molecule is COc1ccccc1O[C@@H](C)c1nc2c(C)cccc2[nH]1. The lowest BCUT2D eigenvalue weighted by Gasteiger charge is -2.14. The highest BCUT2D eigenvalue weighted by atomic mass is 16.5. The van der Waals surface area contributed by atoms with Crippen molar-refractivity contribution in [3.63, 3.8) is 0 Å². The Labute approximate surface area is 123 Å². The molecule has 0 radical (unpaired) electrons. The molecule has 0 aliphatic carbocycles. The first kappa shape index (κ1) is 13.5. The summed E-state index contributed by atoms with van der Waals surface area (Å²) in [6, 6.07) is 13.7. The Morgan fingerprint density at radius 3 is 2.52 bits per heavy atom. The van der Waals surface area contributed by atoms with Gasteiger partial charge in [-0.3, -0.25) is 0 Å². The maximum atomic E-state index is 5.97. The fourth-order valence-electron chi connectivity index (χ4n) is 2.35. The standard InChI is InChI=1S/C17H18N2O2/c1-11-7-6-8-13-16(11)19-17(18-13)12(2)21-15-10-5-4-9-14(15)20-3/h4-10,12H,1-3H3,(H,18,19)/t12-/m0/s1. The second-order valence-corrected chi connectivity index (χ2v) is 5.00. The van der Waals surface area contributed by atoms with Crippen molar-refractivity contribution in [3.8, 4) is 11.5 Å². The van der Waals surface area contributed by atoms with Gasteiger partial charge < -0.3 is 14.5 Å². The number of para-hydroxylation sites is 3. The highest BCUT2D eigenvalue weighted by Gasteiger charge is 2.15. The van der Waals surface area contributed by atoms with Crippen LogP contribution < -0.4 is 9.47 Å². The number of benzene rings is 2. The van der Waals surface area contributed by atoms with Gasteiger partial charge in [0.1, 0.15) is 5.82 Å². The largest absolute Gasteiger partial charge is 0.493 e. The lowest BCUT2D eigenvalue weighted by molar-refractivity contribution is 0.208. The van der Waals surface area contributed by atoms with E-state index in [2.05, 4.69) is 23.0 Å². The average Bonchev–Trinajstić information content (AvgIpc) is 2.93. The van der Waals surface area contributed by atoms with E-state index in [1.807, 2.05) is 43.3 Å². The minimum Gasteiger partial charge on any atom is -0.493 e. The molecule has 0 bridgehead atoms. The molecule has 4 nitrogen and oxygen atoms in total. The Balaban J connectivity index is 1.90. The number of aromatic nitrogens is 2. The first-order valence-corrected chi connectivity index (χ1v) is 6.94. The van der Waals surface area contributed by atoms with Crippen LogP contribution in [0.1, 0.15) is 24.4 Å². The number of fused-ring (bicyclic) bond motifs is 1. The van der Waals surface area contributed by atoms with E-state index >= 15 is 0 Å². The lowest BCUT2D eigenvalue weighted by atomic mass is 10.2. The number of ether oxygens (including phenoxy) is 2. The van der Waals surface area contributed by atoms with E-state index in [0.29, 0.717) is 5.75 Å². The quantitative estimate of drug-likeness (QED) is 0.786. The maximum Gasteiger partial charge on any atom is 0.162 e. The monoisotopic (exact) mass is 282 g/mol. The number of imidazole rings is 1. The number of nitrogens with one attached hydrogen (secondary N) is 1. The highest BCUT2D eigenvalue weighted by molar-refractivity contribution is 5.78. The summed E-state index contributed by atoms with van der Waals surface area (Å²) in [5, 5.41) is 0. The van der Waals surface area contributed by atoms with Crippen molar-refractivity contribution >= 4 is 11.0 Å². The summed E-state index contributed by atoms with van der Waals surface area (Å²) in [6.07, 6.45) is -0.187. The maximum absolute atomic E-state index is 5.97. The smallest absolute Gasteiger partial charge is 0.162 e. The van der Waals surface area contributed by atoms with Crippen LogP contribution in [0.3, 0.4) is 0 Å². The number of hydrogen-bond donors (Lipinski definition) is 1. The summed E-state index contributed by atoms with van der Waals surface area (Å²) >= 11 is 0. The predicted octanol–water partition coefficient (Wildman–Crippen LogP) is 4.02. The molecule has 21 heavy (non-hydrogen) atoms. The van der Waals surface area contributed by atoms with Gasteiger partial charge >= 0.3 is 0 Å². The van der Waals surface area contributed by atoms with Crippen LogP contribution in [0, 0.1) is 6.92 Å². The van der Waals surface area contributed by atoms with Gasteiger partial charge in [-0.1, -0.05) is 24.3 Å². The molecule has 1 atom stereocenters. The second kappa shape index (κ2) is 5.48. The number of aryl methyl sites for hydroxylation is 1.